The lowest BCUT2D eigenvalue weighted by molar-refractivity contribution is -0.432. The third kappa shape index (κ3) is 6.97. The van der Waals surface area contributed by atoms with E-state index in [1.807, 2.05) is 0 Å². The number of carbonyl (C=O) groups is 1. The highest BCUT2D eigenvalue weighted by atomic mass is 31.3. The topological polar surface area (TPSA) is 341 Å². The summed E-state index contributed by atoms with van der Waals surface area (Å²) >= 11 is 0. The van der Waals surface area contributed by atoms with Gasteiger partial charge >= 0.3 is 15.6 Å². The fraction of sp³-hybridized carbons (Fsp3) is 0.684. The lowest BCUT2D eigenvalue weighted by Gasteiger charge is -2.48. The molecule has 2 fully saturated rings. The van der Waals surface area contributed by atoms with Crippen LogP contribution in [0, 0.1) is 5.92 Å². The van der Waals surface area contributed by atoms with Gasteiger partial charge in [0.1, 0.15) is 36.8 Å². The Morgan fingerprint density at radius 1 is 1.19 bits per heavy atom. The molecule has 22 nitrogen and oxygen atoms in total. The third-order valence-electron chi connectivity index (χ3n) is 6.35. The van der Waals surface area contributed by atoms with Crippen molar-refractivity contribution in [3.05, 3.63) is 16.7 Å². The van der Waals surface area contributed by atoms with Gasteiger partial charge in [-0.2, -0.15) is 9.29 Å². The second-order valence-corrected chi connectivity index (χ2v) is 12.8. The van der Waals surface area contributed by atoms with Crippen molar-refractivity contribution < 1.29 is 72.1 Å². The first-order valence-corrected chi connectivity index (χ1v) is 15.3. The Morgan fingerprint density at radius 3 is 2.49 bits per heavy atom. The summed E-state index contributed by atoms with van der Waals surface area (Å²) < 4.78 is 49.2. The Balaban J connectivity index is 1.35. The zero-order chi connectivity index (χ0) is 32.1. The van der Waals surface area contributed by atoms with Crippen LogP contribution in [0.2, 0.25) is 0 Å². The van der Waals surface area contributed by atoms with Crippen molar-refractivity contribution in [3.63, 3.8) is 0 Å². The Bertz CT molecular complexity index is 1500. The number of nitrogens with zero attached hydrogens (tertiary/aromatic N) is 3. The fourth-order valence-electron chi connectivity index (χ4n) is 4.06. The zero-order valence-corrected chi connectivity index (χ0v) is 24.0. The Morgan fingerprint density at radius 2 is 1.86 bits per heavy atom. The number of phosphoric acid groups is 2. The van der Waals surface area contributed by atoms with Crippen molar-refractivity contribution >= 4 is 38.7 Å². The van der Waals surface area contributed by atoms with Crippen molar-refractivity contribution in [1.82, 2.24) is 24.8 Å². The predicted octanol–water partition coefficient (Wildman–Crippen LogP) is -4.11. The van der Waals surface area contributed by atoms with Crippen LogP contribution < -0.4 is 16.6 Å². The number of anilines is 1. The molecule has 0 bridgehead atoms. The smallest absolute Gasteiger partial charge is 0.388 e. The van der Waals surface area contributed by atoms with Gasteiger partial charge in [0, 0.05) is 12.5 Å². The molecule has 1 amide bonds. The molecule has 0 aliphatic carbocycles. The average molecular weight is 660 g/mol. The van der Waals surface area contributed by atoms with Crippen LogP contribution in [0.25, 0.3) is 11.2 Å². The lowest BCUT2D eigenvalue weighted by Crippen LogP contribution is -2.66. The number of rotatable bonds is 11. The minimum atomic E-state index is -5.63. The van der Waals surface area contributed by atoms with Gasteiger partial charge in [-0.05, 0) is 0 Å². The van der Waals surface area contributed by atoms with Crippen molar-refractivity contribution in [2.45, 2.75) is 62.7 Å². The number of H-pyrrole nitrogens is 1. The molecule has 10 atom stereocenters. The van der Waals surface area contributed by atoms with E-state index in [9.17, 15) is 54.0 Å². The molecule has 4 rings (SSSR count). The van der Waals surface area contributed by atoms with E-state index in [4.69, 9.17) is 15.2 Å². The largest absolute Gasteiger partial charge is 0.483 e. The Labute approximate surface area is 240 Å². The molecule has 242 valence electrons. The molecule has 2 saturated heterocycles. The van der Waals surface area contributed by atoms with Crippen molar-refractivity contribution in [3.8, 4) is 0 Å². The first kappa shape index (κ1) is 33.5. The summed E-state index contributed by atoms with van der Waals surface area (Å²) in [6.45, 7) is 1.73. The number of amides is 1. The number of hydrogen-bond acceptors (Lipinski definition) is 17. The van der Waals surface area contributed by atoms with E-state index in [0.717, 1.165) is 10.9 Å². The lowest BCUT2D eigenvalue weighted by atomic mass is 9.99. The number of hydrogen-bond donors (Lipinski definition) is 10. The number of nitrogens with two attached hydrogens (primary N) is 1. The summed E-state index contributed by atoms with van der Waals surface area (Å²) in [4.78, 5) is 53.4. The second-order valence-electron chi connectivity index (χ2n) is 9.83. The Kier molecular flexibility index (Phi) is 9.49. The molecule has 2 aromatic heterocycles. The van der Waals surface area contributed by atoms with Crippen molar-refractivity contribution in [2.24, 2.45) is 5.92 Å². The fourth-order valence-corrected chi connectivity index (χ4v) is 6.22. The molecule has 0 saturated carbocycles. The van der Waals surface area contributed by atoms with E-state index in [1.54, 1.807) is 13.8 Å². The summed E-state index contributed by atoms with van der Waals surface area (Å²) in [6, 6.07) is 0. The number of aliphatic hydroxyl groups excluding tert-OH is 4. The van der Waals surface area contributed by atoms with E-state index in [0.29, 0.717) is 0 Å². The number of aliphatic hydroxyl groups is 5. The number of aromatic amines is 1. The van der Waals surface area contributed by atoms with E-state index in [1.165, 1.54) is 0 Å². The minimum absolute atomic E-state index is 0.259. The second kappa shape index (κ2) is 12.2. The molecular weight excluding hydrogens is 630 g/mol. The molecule has 2 aliphatic heterocycles. The molecule has 0 spiro atoms. The van der Waals surface area contributed by atoms with E-state index in [-0.39, 0.29) is 17.1 Å². The maximum Gasteiger partial charge on any atom is 0.483 e. The van der Waals surface area contributed by atoms with Crippen LogP contribution in [-0.4, -0.2) is 117 Å². The predicted molar refractivity (Wildman–Crippen MR) is 136 cm³/mol. The van der Waals surface area contributed by atoms with Gasteiger partial charge < -0.3 is 55.8 Å². The number of imidazole rings is 1. The standard InChI is InChI=1S/C19H30N6O16P2/c1-6(2)15(30)21-3-7-10(26)11(27)12(28)17(38-7)40-43(35,36)41-42(33,34)37-4-8-13(29)19(32,39-8)25-5-22-9-14(25)23-18(20)24-16(9)31/h5-8,10-13,17,26-29,32H,3-4H2,1-2H3,(H,21,30)(H,33,34)(H,35,36)(H3,20,23,24,31)/t7?,8?,10?,11?,12?,13-,17?,19?/m0/s1. The van der Waals surface area contributed by atoms with Crippen LogP contribution in [-0.2, 0) is 42.7 Å². The number of aromatic nitrogens is 4. The van der Waals surface area contributed by atoms with Crippen LogP contribution in [0.1, 0.15) is 13.8 Å². The van der Waals surface area contributed by atoms with E-state index < -0.39 is 95.0 Å². The monoisotopic (exact) mass is 660 g/mol. The molecular formula is C19H30N6O16P2. The zero-order valence-electron chi connectivity index (χ0n) is 22.2. The number of fused-ring (bicyclic) bond motifs is 1. The number of carbonyl (C=O) groups excluding carboxylic acids is 1. The van der Waals surface area contributed by atoms with E-state index in [2.05, 4.69) is 33.6 Å². The van der Waals surface area contributed by atoms with Gasteiger partial charge in [-0.15, -0.1) is 0 Å². The first-order chi connectivity index (χ1) is 19.8. The normalized spacial score (nSPS) is 34.0. The maximum atomic E-state index is 12.4. The van der Waals surface area contributed by atoms with Gasteiger partial charge in [-0.3, -0.25) is 28.2 Å². The molecule has 2 aliphatic rings. The highest BCUT2D eigenvalue weighted by molar-refractivity contribution is 7.61. The van der Waals surface area contributed by atoms with Crippen molar-refractivity contribution in [2.75, 3.05) is 18.9 Å². The number of phosphoric ester groups is 2. The SMILES string of the molecule is CC(C)C(=O)NCC1OC(OP(=O)(O)OP(=O)(O)OCC2OC(O)(n3cnc4c(=O)[nH]c(N)nc43)[C@H]2O)C(O)C(O)C1O. The molecule has 2 aromatic rings. The van der Waals surface area contributed by atoms with Crippen LogP contribution >= 0.6 is 15.6 Å². The number of ether oxygens (including phenoxy) is 2. The van der Waals surface area contributed by atoms with Gasteiger partial charge in [0.2, 0.25) is 11.9 Å². The highest BCUT2D eigenvalue weighted by Crippen LogP contribution is 2.61. The molecule has 0 radical (unpaired) electrons. The van der Waals surface area contributed by atoms with Gasteiger partial charge in [-0.1, -0.05) is 13.8 Å². The molecule has 9 unspecified atom stereocenters. The minimum Gasteiger partial charge on any atom is -0.388 e. The number of nitrogens with one attached hydrogen (secondary N) is 2. The van der Waals surface area contributed by atoms with Gasteiger partial charge in [-0.25, -0.2) is 14.1 Å². The van der Waals surface area contributed by atoms with Crippen LogP contribution in [0.15, 0.2) is 11.1 Å². The van der Waals surface area contributed by atoms with Gasteiger partial charge in [0.25, 0.3) is 11.5 Å². The molecule has 4 heterocycles. The molecule has 24 heteroatoms. The highest BCUT2D eigenvalue weighted by Gasteiger charge is 2.58. The van der Waals surface area contributed by atoms with Crippen LogP contribution in [0.3, 0.4) is 0 Å². The molecule has 0 aromatic carbocycles. The molecule has 43 heavy (non-hydrogen) atoms. The summed E-state index contributed by atoms with van der Waals surface area (Å²) in [5.41, 5.74) is 4.20. The third-order valence-corrected chi connectivity index (χ3v) is 8.95. The maximum absolute atomic E-state index is 12.4. The summed E-state index contributed by atoms with van der Waals surface area (Å²) in [5, 5.41) is 53.9. The van der Waals surface area contributed by atoms with Crippen LogP contribution in [0.4, 0.5) is 5.95 Å². The summed E-state index contributed by atoms with van der Waals surface area (Å²) in [6.07, 6.45) is -12.1. The Hall–Kier alpha value is -2.40. The van der Waals surface area contributed by atoms with Gasteiger partial charge in [0.05, 0.1) is 6.61 Å². The van der Waals surface area contributed by atoms with E-state index >= 15 is 0 Å². The van der Waals surface area contributed by atoms with Crippen molar-refractivity contribution in [1.29, 1.82) is 0 Å². The van der Waals surface area contributed by atoms with Crippen LogP contribution in [0.5, 0.6) is 0 Å². The quantitative estimate of drug-likeness (QED) is 0.102. The summed E-state index contributed by atoms with van der Waals surface area (Å²) in [7, 11) is -11.1. The summed E-state index contributed by atoms with van der Waals surface area (Å²) in [5.74, 6) is -3.83. The molecule has 11 N–H and O–H groups in total. The number of nitrogen functional groups attached to an aromatic ring is 1. The van der Waals surface area contributed by atoms with Gasteiger partial charge in [0.15, 0.2) is 23.6 Å². The average Bonchev–Trinajstić information content (AvgIpc) is 3.33. The first-order valence-electron chi connectivity index (χ1n) is 12.3.